The van der Waals surface area contributed by atoms with Crippen molar-refractivity contribution in [1.82, 2.24) is 20.0 Å². The summed E-state index contributed by atoms with van der Waals surface area (Å²) in [4.78, 5) is 16.0. The number of halogens is 4. The number of hydrogen-bond donors (Lipinski definition) is 2. The fourth-order valence-electron chi connectivity index (χ4n) is 3.90. The van der Waals surface area contributed by atoms with Gasteiger partial charge in [-0.15, -0.1) is 0 Å². The molecule has 9 nitrogen and oxygen atoms in total. The van der Waals surface area contributed by atoms with Crippen LogP contribution in [0.4, 0.5) is 28.0 Å². The quantitative estimate of drug-likeness (QED) is 0.456. The molecule has 3 aromatic rings. The van der Waals surface area contributed by atoms with Crippen LogP contribution in [0.1, 0.15) is 33.1 Å². The first-order chi connectivity index (χ1) is 16.9. The van der Waals surface area contributed by atoms with E-state index in [1.165, 1.54) is 12.1 Å². The number of aromatic nitrogens is 3. The van der Waals surface area contributed by atoms with Gasteiger partial charge in [-0.1, -0.05) is 11.2 Å². The molecule has 4 rings (SSSR count). The highest BCUT2D eigenvalue weighted by Crippen LogP contribution is 2.35. The summed E-state index contributed by atoms with van der Waals surface area (Å²) in [7, 11) is 0. The Labute approximate surface area is 204 Å². The zero-order chi connectivity index (χ0) is 26.1. The fourth-order valence-corrected chi connectivity index (χ4v) is 3.90. The number of nitrogens with zero attached hydrogens (tertiary/aromatic N) is 3. The lowest BCUT2D eigenvalue weighted by atomic mass is 10.1. The molecule has 0 aliphatic carbocycles. The molecule has 0 saturated carbocycles. The summed E-state index contributed by atoms with van der Waals surface area (Å²) in [5.74, 6) is -0.190. The van der Waals surface area contributed by atoms with Gasteiger partial charge in [-0.05, 0) is 45.4 Å². The summed E-state index contributed by atoms with van der Waals surface area (Å²) < 4.78 is 71.1. The van der Waals surface area contributed by atoms with Crippen molar-refractivity contribution in [2.75, 3.05) is 18.5 Å². The van der Waals surface area contributed by atoms with Gasteiger partial charge in [-0.25, -0.2) is 9.18 Å². The van der Waals surface area contributed by atoms with Crippen LogP contribution in [0.3, 0.4) is 0 Å². The molecular formula is C23H27F4N5O4. The van der Waals surface area contributed by atoms with Crippen LogP contribution in [0.2, 0.25) is 0 Å². The summed E-state index contributed by atoms with van der Waals surface area (Å²) in [5, 5.41) is 9.95. The van der Waals surface area contributed by atoms with Gasteiger partial charge in [0.2, 0.25) is 5.82 Å². The van der Waals surface area contributed by atoms with Gasteiger partial charge in [0.1, 0.15) is 12.7 Å². The van der Waals surface area contributed by atoms with Gasteiger partial charge in [0.15, 0.2) is 6.61 Å². The second-order valence-electron chi connectivity index (χ2n) is 9.56. The fraction of sp³-hybridized carbons (Fsp3) is 0.522. The van der Waals surface area contributed by atoms with Crippen molar-refractivity contribution in [2.45, 2.75) is 64.3 Å². The van der Waals surface area contributed by atoms with Gasteiger partial charge in [-0.2, -0.15) is 18.2 Å². The van der Waals surface area contributed by atoms with E-state index in [0.29, 0.717) is 24.1 Å². The van der Waals surface area contributed by atoms with Crippen molar-refractivity contribution in [3.05, 3.63) is 30.2 Å². The van der Waals surface area contributed by atoms with Gasteiger partial charge in [0.25, 0.3) is 5.89 Å². The van der Waals surface area contributed by atoms with E-state index >= 15 is 0 Å². The minimum absolute atomic E-state index is 0.0462. The van der Waals surface area contributed by atoms with E-state index in [4.69, 9.17) is 14.0 Å². The number of alkyl carbamates (subject to hydrolysis) is 1. The van der Waals surface area contributed by atoms with E-state index in [9.17, 15) is 22.4 Å². The molecule has 0 bridgehead atoms. The number of amides is 1. The Morgan fingerprint density at radius 3 is 2.75 bits per heavy atom. The van der Waals surface area contributed by atoms with Gasteiger partial charge in [-0.3, -0.25) is 0 Å². The number of carbonyl (C=O) groups is 1. The molecule has 13 heteroatoms. The van der Waals surface area contributed by atoms with E-state index in [1.807, 2.05) is 0 Å². The second-order valence-corrected chi connectivity index (χ2v) is 9.56. The maximum absolute atomic E-state index is 14.3. The maximum Gasteiger partial charge on any atom is 0.408 e. The number of benzene rings is 1. The third kappa shape index (κ3) is 6.25. The molecule has 1 aliphatic heterocycles. The van der Waals surface area contributed by atoms with Crippen molar-refractivity contribution in [3.63, 3.8) is 0 Å². The molecule has 36 heavy (non-hydrogen) atoms. The Bertz CT molecular complexity index is 1220. The van der Waals surface area contributed by atoms with Crippen molar-refractivity contribution in [2.24, 2.45) is 0 Å². The normalized spacial score (nSPS) is 18.9. The molecule has 1 aromatic carbocycles. The van der Waals surface area contributed by atoms with Crippen molar-refractivity contribution < 1.29 is 36.4 Å². The van der Waals surface area contributed by atoms with Crippen LogP contribution in [0.15, 0.2) is 28.8 Å². The van der Waals surface area contributed by atoms with Crippen molar-refractivity contribution in [3.8, 4) is 11.5 Å². The van der Waals surface area contributed by atoms with E-state index in [1.54, 1.807) is 32.9 Å². The minimum Gasteiger partial charge on any atom is -0.439 e. The molecule has 0 spiro atoms. The molecule has 2 aromatic heterocycles. The summed E-state index contributed by atoms with van der Waals surface area (Å²) in [5.41, 5.74) is 0.278. The van der Waals surface area contributed by atoms with Gasteiger partial charge >= 0.3 is 12.3 Å². The Kier molecular flexibility index (Phi) is 7.12. The van der Waals surface area contributed by atoms with Crippen LogP contribution in [-0.4, -0.2) is 57.9 Å². The van der Waals surface area contributed by atoms with Crippen LogP contribution >= 0.6 is 0 Å². The number of fused-ring (bicyclic) bond motifs is 1. The number of hydrogen-bond acceptors (Lipinski definition) is 7. The lowest BCUT2D eigenvalue weighted by Gasteiger charge is -2.28. The average molecular weight is 513 g/mol. The zero-order valence-corrected chi connectivity index (χ0v) is 20.0. The number of rotatable bonds is 6. The lowest BCUT2D eigenvalue weighted by Crippen LogP contribution is -2.40. The number of nitrogens with one attached hydrogen (secondary N) is 2. The maximum atomic E-state index is 14.3. The highest BCUT2D eigenvalue weighted by Gasteiger charge is 2.32. The highest BCUT2D eigenvalue weighted by atomic mass is 19.4. The lowest BCUT2D eigenvalue weighted by molar-refractivity contribution is -0.139. The molecule has 1 aliphatic rings. The Balaban J connectivity index is 1.64. The Morgan fingerprint density at radius 2 is 2.06 bits per heavy atom. The van der Waals surface area contributed by atoms with Crippen LogP contribution in [0.5, 0.6) is 0 Å². The monoisotopic (exact) mass is 513 g/mol. The largest absolute Gasteiger partial charge is 0.439 e. The first-order valence-electron chi connectivity index (χ1n) is 11.3. The van der Waals surface area contributed by atoms with E-state index in [2.05, 4.69) is 20.8 Å². The predicted molar refractivity (Wildman–Crippen MR) is 122 cm³/mol. The predicted octanol–water partition coefficient (Wildman–Crippen LogP) is 4.82. The number of ether oxygens (including phenoxy) is 2. The van der Waals surface area contributed by atoms with Gasteiger partial charge < -0.3 is 29.2 Å². The van der Waals surface area contributed by atoms with Gasteiger partial charge in [0.05, 0.1) is 23.9 Å². The molecule has 0 radical (unpaired) electrons. The second kappa shape index (κ2) is 9.96. The molecule has 1 amide bonds. The average Bonchev–Trinajstić information content (AvgIpc) is 3.37. The molecule has 2 atom stereocenters. The third-order valence-electron chi connectivity index (χ3n) is 5.41. The van der Waals surface area contributed by atoms with Gasteiger partial charge in [0, 0.05) is 23.2 Å². The summed E-state index contributed by atoms with van der Waals surface area (Å²) in [6, 6.07) is 5.77. The van der Waals surface area contributed by atoms with E-state index in [-0.39, 0.29) is 36.1 Å². The summed E-state index contributed by atoms with van der Waals surface area (Å²) in [6.07, 6.45) is -6.07. The third-order valence-corrected chi connectivity index (χ3v) is 5.41. The highest BCUT2D eigenvalue weighted by molar-refractivity contribution is 5.96. The minimum atomic E-state index is -4.53. The Morgan fingerprint density at radius 1 is 1.28 bits per heavy atom. The van der Waals surface area contributed by atoms with Crippen molar-refractivity contribution in [1.29, 1.82) is 0 Å². The molecule has 1 fully saturated rings. The molecule has 1 saturated heterocycles. The number of alkyl halides is 4. The molecule has 2 N–H and O–H groups in total. The van der Waals surface area contributed by atoms with Crippen LogP contribution in [0, 0.1) is 0 Å². The van der Waals surface area contributed by atoms with E-state index < -0.39 is 36.6 Å². The van der Waals surface area contributed by atoms with Crippen LogP contribution in [-0.2, 0) is 22.6 Å². The SMILES string of the molecule is CC(C)(C)NC(=O)OCc1nc(-c2cc3c(N[C@H]4CCOC[C@H]4F)cccc3n2CC(F)(F)F)no1. The zero-order valence-electron chi connectivity index (χ0n) is 20.0. The first kappa shape index (κ1) is 25.7. The van der Waals surface area contributed by atoms with Crippen LogP contribution in [0.25, 0.3) is 22.4 Å². The van der Waals surface area contributed by atoms with Crippen LogP contribution < -0.4 is 10.6 Å². The van der Waals surface area contributed by atoms with Crippen molar-refractivity contribution >= 4 is 22.7 Å². The Hall–Kier alpha value is -3.35. The summed E-state index contributed by atoms with van der Waals surface area (Å²) in [6.45, 7) is 4.01. The standard InChI is InChI=1S/C23H27F4N5O4/c1-22(2,3)30-21(33)35-11-19-29-20(31-36-19)18-9-13-15(28-16-7-8-34-10-14(16)24)5-4-6-17(13)32(18)12-23(25,26)27/h4-6,9,14,16,28H,7-8,10-12H2,1-3H3,(H,30,33)/t14-,16+/m1/s1. The first-order valence-corrected chi connectivity index (χ1v) is 11.3. The molecule has 3 heterocycles. The molecular weight excluding hydrogens is 486 g/mol. The smallest absolute Gasteiger partial charge is 0.408 e. The number of carbonyl (C=O) groups excluding carboxylic acids is 1. The van der Waals surface area contributed by atoms with E-state index in [0.717, 1.165) is 4.57 Å². The topological polar surface area (TPSA) is 103 Å². The summed E-state index contributed by atoms with van der Waals surface area (Å²) >= 11 is 0. The number of anilines is 1. The molecule has 196 valence electrons. The molecule has 0 unspecified atom stereocenters.